The van der Waals surface area contributed by atoms with Crippen molar-refractivity contribution >= 4 is 0 Å². The summed E-state index contributed by atoms with van der Waals surface area (Å²) in [4.78, 5) is 0. The molecule has 1 aromatic heterocycles. The lowest BCUT2D eigenvalue weighted by Gasteiger charge is -2.17. The van der Waals surface area contributed by atoms with Crippen LogP contribution in [0.15, 0.2) is 24.5 Å². The first kappa shape index (κ1) is 9.24. The van der Waals surface area contributed by atoms with Gasteiger partial charge < -0.3 is 0 Å². The average molecular weight is 164 g/mol. The third-order valence-corrected chi connectivity index (χ3v) is 1.78. The monoisotopic (exact) mass is 164 g/mol. The van der Waals surface area contributed by atoms with Crippen LogP contribution in [0, 0.1) is 5.41 Å². The highest BCUT2D eigenvalue weighted by Gasteiger charge is 2.11. The van der Waals surface area contributed by atoms with Gasteiger partial charge in [0.05, 0.1) is 0 Å². The molecule has 1 heterocycles. The second kappa shape index (κ2) is 3.26. The molecule has 0 fully saturated rings. The van der Waals surface area contributed by atoms with E-state index in [2.05, 4.69) is 49.9 Å². The van der Waals surface area contributed by atoms with Crippen LogP contribution in [0.3, 0.4) is 0 Å². The van der Waals surface area contributed by atoms with E-state index < -0.39 is 0 Å². The second-order valence-electron chi connectivity index (χ2n) is 4.61. The summed E-state index contributed by atoms with van der Waals surface area (Å²) < 4.78 is 2.06. The lowest BCUT2D eigenvalue weighted by Crippen LogP contribution is -2.26. The predicted octanol–water partition coefficient (Wildman–Crippen LogP) is 2.10. The Bertz CT molecular complexity index is 241. The second-order valence-corrected chi connectivity index (χ2v) is 4.61. The van der Waals surface area contributed by atoms with Gasteiger partial charge in [-0.2, -0.15) is 0 Å². The van der Waals surface area contributed by atoms with Gasteiger partial charge in [-0.15, -0.1) is 0 Å². The SMILES string of the molecule is C[n+]1ccc(CC(C)(C)C)cc1. The minimum atomic E-state index is 0.389. The molecule has 0 unspecified atom stereocenters. The van der Waals surface area contributed by atoms with Crippen molar-refractivity contribution in [2.24, 2.45) is 12.5 Å². The van der Waals surface area contributed by atoms with Gasteiger partial charge in [0, 0.05) is 12.1 Å². The van der Waals surface area contributed by atoms with Crippen molar-refractivity contribution in [2.75, 3.05) is 0 Å². The number of aryl methyl sites for hydroxylation is 1. The van der Waals surface area contributed by atoms with E-state index in [9.17, 15) is 0 Å². The fourth-order valence-corrected chi connectivity index (χ4v) is 1.26. The first-order chi connectivity index (χ1) is 5.47. The van der Waals surface area contributed by atoms with Crippen molar-refractivity contribution in [3.63, 3.8) is 0 Å². The molecular weight excluding hydrogens is 146 g/mol. The molecule has 66 valence electrons. The number of aromatic nitrogens is 1. The highest BCUT2D eigenvalue weighted by atomic mass is 14.9. The van der Waals surface area contributed by atoms with Crippen LogP contribution in [0.5, 0.6) is 0 Å². The molecule has 1 aromatic rings. The molecule has 1 rings (SSSR count). The molecule has 0 bridgehead atoms. The van der Waals surface area contributed by atoms with E-state index in [1.807, 2.05) is 7.05 Å². The van der Waals surface area contributed by atoms with Crippen molar-refractivity contribution in [3.05, 3.63) is 30.1 Å². The van der Waals surface area contributed by atoms with Gasteiger partial charge >= 0.3 is 0 Å². The molecule has 0 aliphatic rings. The van der Waals surface area contributed by atoms with Crippen LogP contribution in [-0.4, -0.2) is 0 Å². The van der Waals surface area contributed by atoms with Crippen LogP contribution in [0.4, 0.5) is 0 Å². The Hall–Kier alpha value is -0.850. The van der Waals surface area contributed by atoms with Crippen LogP contribution in [0.25, 0.3) is 0 Å². The Balaban J connectivity index is 2.71. The van der Waals surface area contributed by atoms with Gasteiger partial charge in [0.25, 0.3) is 0 Å². The molecule has 0 spiro atoms. The molecule has 12 heavy (non-hydrogen) atoms. The van der Waals surface area contributed by atoms with Gasteiger partial charge in [-0.05, 0) is 17.4 Å². The van der Waals surface area contributed by atoms with Crippen LogP contribution in [0.1, 0.15) is 26.3 Å². The largest absolute Gasteiger partial charge is 0.208 e. The number of rotatable bonds is 1. The molecule has 1 heteroatoms. The summed E-state index contributed by atoms with van der Waals surface area (Å²) in [5.74, 6) is 0. The Labute approximate surface area is 75.1 Å². The molecule has 0 N–H and O–H groups in total. The fourth-order valence-electron chi connectivity index (χ4n) is 1.26. The van der Waals surface area contributed by atoms with Gasteiger partial charge in [-0.25, -0.2) is 4.57 Å². The number of hydrogen-bond donors (Lipinski definition) is 0. The van der Waals surface area contributed by atoms with Crippen molar-refractivity contribution in [1.29, 1.82) is 0 Å². The number of nitrogens with zero attached hydrogens (tertiary/aromatic N) is 1. The third kappa shape index (κ3) is 3.04. The van der Waals surface area contributed by atoms with Crippen molar-refractivity contribution in [2.45, 2.75) is 27.2 Å². The maximum atomic E-state index is 2.26. The van der Waals surface area contributed by atoms with E-state index in [1.54, 1.807) is 0 Å². The van der Waals surface area contributed by atoms with Gasteiger partial charge in [0.2, 0.25) is 0 Å². The van der Waals surface area contributed by atoms with Gasteiger partial charge in [0.1, 0.15) is 7.05 Å². The van der Waals surface area contributed by atoms with E-state index in [0.717, 1.165) is 6.42 Å². The van der Waals surface area contributed by atoms with Crippen LogP contribution in [0.2, 0.25) is 0 Å². The first-order valence-electron chi connectivity index (χ1n) is 4.41. The standard InChI is InChI=1S/C11H18N/c1-11(2,3)9-10-5-7-12(4)8-6-10/h5-8H,9H2,1-4H3/q+1. The van der Waals surface area contributed by atoms with Crippen molar-refractivity contribution in [3.8, 4) is 0 Å². The third-order valence-electron chi connectivity index (χ3n) is 1.78. The van der Waals surface area contributed by atoms with Crippen molar-refractivity contribution in [1.82, 2.24) is 0 Å². The lowest BCUT2D eigenvalue weighted by atomic mass is 9.89. The summed E-state index contributed by atoms with van der Waals surface area (Å²) in [6.07, 6.45) is 5.34. The van der Waals surface area contributed by atoms with Crippen LogP contribution in [-0.2, 0) is 13.5 Å². The molecule has 0 aliphatic heterocycles. The minimum Gasteiger partial charge on any atom is -0.208 e. The first-order valence-corrected chi connectivity index (χ1v) is 4.41. The van der Waals surface area contributed by atoms with E-state index in [-0.39, 0.29) is 0 Å². The normalized spacial score (nSPS) is 11.7. The molecule has 0 amide bonds. The van der Waals surface area contributed by atoms with E-state index in [1.165, 1.54) is 5.56 Å². The maximum absolute atomic E-state index is 2.26. The fraction of sp³-hybridized carbons (Fsp3) is 0.545. The molecule has 0 saturated heterocycles. The molecule has 0 atom stereocenters. The minimum absolute atomic E-state index is 0.389. The summed E-state index contributed by atoms with van der Waals surface area (Å²) in [7, 11) is 2.04. The maximum Gasteiger partial charge on any atom is 0.168 e. The smallest absolute Gasteiger partial charge is 0.168 e. The summed E-state index contributed by atoms with van der Waals surface area (Å²) in [5, 5.41) is 0. The lowest BCUT2D eigenvalue weighted by molar-refractivity contribution is -0.671. The average Bonchev–Trinajstić information content (AvgIpc) is 1.91. The zero-order valence-corrected chi connectivity index (χ0v) is 8.46. The molecule has 0 aliphatic carbocycles. The number of hydrogen-bond acceptors (Lipinski definition) is 0. The van der Waals surface area contributed by atoms with E-state index >= 15 is 0 Å². The molecule has 0 saturated carbocycles. The topological polar surface area (TPSA) is 3.88 Å². The van der Waals surface area contributed by atoms with E-state index in [4.69, 9.17) is 0 Å². The van der Waals surface area contributed by atoms with Gasteiger partial charge in [-0.3, -0.25) is 0 Å². The summed E-state index contributed by atoms with van der Waals surface area (Å²) in [5.41, 5.74) is 1.81. The van der Waals surface area contributed by atoms with Crippen molar-refractivity contribution < 1.29 is 4.57 Å². The zero-order valence-electron chi connectivity index (χ0n) is 8.46. The Kier molecular flexibility index (Phi) is 2.51. The Morgan fingerprint density at radius 2 is 1.67 bits per heavy atom. The molecule has 0 aromatic carbocycles. The van der Waals surface area contributed by atoms with Crippen LogP contribution < -0.4 is 4.57 Å². The predicted molar refractivity (Wildman–Crippen MR) is 50.8 cm³/mol. The number of pyridine rings is 1. The quantitative estimate of drug-likeness (QED) is 0.560. The molecule has 1 nitrogen and oxygen atoms in total. The molecular formula is C11H18N+. The van der Waals surface area contributed by atoms with E-state index in [0.29, 0.717) is 5.41 Å². The van der Waals surface area contributed by atoms with Crippen LogP contribution >= 0.6 is 0 Å². The summed E-state index contributed by atoms with van der Waals surface area (Å²) in [6, 6.07) is 4.37. The van der Waals surface area contributed by atoms with Gasteiger partial charge in [0.15, 0.2) is 12.4 Å². The Morgan fingerprint density at radius 1 is 1.17 bits per heavy atom. The Morgan fingerprint density at radius 3 is 2.08 bits per heavy atom. The highest BCUT2D eigenvalue weighted by molar-refractivity contribution is 5.09. The molecule has 0 radical (unpaired) electrons. The van der Waals surface area contributed by atoms with Gasteiger partial charge in [-0.1, -0.05) is 20.8 Å². The summed E-state index contributed by atoms with van der Waals surface area (Å²) in [6.45, 7) is 6.79. The highest BCUT2D eigenvalue weighted by Crippen LogP contribution is 2.19. The summed E-state index contributed by atoms with van der Waals surface area (Å²) >= 11 is 0. The zero-order chi connectivity index (χ0) is 9.19.